The molecule has 33 heavy (non-hydrogen) atoms. The predicted octanol–water partition coefficient (Wildman–Crippen LogP) is 2.59. The quantitative estimate of drug-likeness (QED) is 0.538. The van der Waals surface area contributed by atoms with Crippen LogP contribution in [0.3, 0.4) is 0 Å². The largest absolute Gasteiger partial charge is 0.497 e. The Morgan fingerprint density at radius 3 is 2.48 bits per heavy atom. The molecule has 0 N–H and O–H groups in total. The van der Waals surface area contributed by atoms with Crippen LogP contribution in [0.1, 0.15) is 23.3 Å². The van der Waals surface area contributed by atoms with Crippen molar-refractivity contribution in [2.24, 2.45) is 7.05 Å². The molecule has 3 aromatic rings. The number of nitrogens with zero attached hydrogens (tertiary/aromatic N) is 5. The van der Waals surface area contributed by atoms with E-state index in [2.05, 4.69) is 15.3 Å². The summed E-state index contributed by atoms with van der Waals surface area (Å²) in [4.78, 5) is 15.1. The standard InChI is InChI=1S/C23H27N5O5/c1-27-19(13-18(26-27)17-12-15(30-2)7-8-20(17)31-3)23(29)28-11-5-6-16(14-28)33-22-10-9-21(32-4)24-25-22/h7-10,12-13,16H,5-6,11,14H2,1-4H3. The number of likely N-dealkylation sites (tertiary alicyclic amines) is 1. The minimum atomic E-state index is -0.170. The van der Waals surface area contributed by atoms with Gasteiger partial charge in [-0.25, -0.2) is 0 Å². The lowest BCUT2D eigenvalue weighted by Crippen LogP contribution is -2.45. The second kappa shape index (κ2) is 9.76. The van der Waals surface area contributed by atoms with Crippen LogP contribution in [0.25, 0.3) is 11.3 Å². The average molecular weight is 453 g/mol. The van der Waals surface area contributed by atoms with Gasteiger partial charge >= 0.3 is 0 Å². The molecule has 0 radical (unpaired) electrons. The van der Waals surface area contributed by atoms with Crippen LogP contribution < -0.4 is 18.9 Å². The molecule has 1 unspecified atom stereocenters. The number of carbonyl (C=O) groups is 1. The highest BCUT2D eigenvalue weighted by molar-refractivity contribution is 5.94. The van der Waals surface area contributed by atoms with Crippen LogP contribution in [-0.4, -0.2) is 71.3 Å². The van der Waals surface area contributed by atoms with Crippen molar-refractivity contribution < 1.29 is 23.7 Å². The Kier molecular flexibility index (Phi) is 6.62. The molecule has 0 aliphatic carbocycles. The lowest BCUT2D eigenvalue weighted by atomic mass is 10.1. The topological polar surface area (TPSA) is 101 Å². The Labute approximate surface area is 192 Å². The molecule has 1 atom stereocenters. The van der Waals surface area contributed by atoms with E-state index in [0.717, 1.165) is 18.4 Å². The van der Waals surface area contributed by atoms with Gasteiger partial charge in [0, 0.05) is 31.3 Å². The summed E-state index contributed by atoms with van der Waals surface area (Å²) in [7, 11) is 6.49. The molecule has 1 fully saturated rings. The van der Waals surface area contributed by atoms with E-state index in [4.69, 9.17) is 18.9 Å². The number of aryl methyl sites for hydroxylation is 1. The normalized spacial score (nSPS) is 15.8. The molecule has 1 aliphatic rings. The lowest BCUT2D eigenvalue weighted by Gasteiger charge is -2.32. The van der Waals surface area contributed by atoms with Crippen molar-refractivity contribution in [3.8, 4) is 34.5 Å². The van der Waals surface area contributed by atoms with Crippen LogP contribution in [0.15, 0.2) is 36.4 Å². The first-order chi connectivity index (χ1) is 16.0. The summed E-state index contributed by atoms with van der Waals surface area (Å²) in [5, 5.41) is 12.5. The summed E-state index contributed by atoms with van der Waals surface area (Å²) in [5.41, 5.74) is 1.87. The molecule has 3 heterocycles. The van der Waals surface area contributed by atoms with Gasteiger partial charge in [-0.2, -0.15) is 5.10 Å². The van der Waals surface area contributed by atoms with Crippen molar-refractivity contribution in [3.63, 3.8) is 0 Å². The van der Waals surface area contributed by atoms with Crippen molar-refractivity contribution in [1.29, 1.82) is 0 Å². The number of benzene rings is 1. The maximum atomic E-state index is 13.3. The number of methoxy groups -OCH3 is 3. The number of carbonyl (C=O) groups excluding carboxylic acids is 1. The Bertz CT molecular complexity index is 1110. The molecule has 0 bridgehead atoms. The van der Waals surface area contributed by atoms with Gasteiger partial charge in [0.2, 0.25) is 11.8 Å². The fraction of sp³-hybridized carbons (Fsp3) is 0.391. The number of hydrogen-bond acceptors (Lipinski definition) is 8. The molecular formula is C23H27N5O5. The smallest absolute Gasteiger partial charge is 0.272 e. The predicted molar refractivity (Wildman–Crippen MR) is 120 cm³/mol. The molecular weight excluding hydrogens is 426 g/mol. The van der Waals surface area contributed by atoms with E-state index in [9.17, 15) is 4.79 Å². The van der Waals surface area contributed by atoms with E-state index in [1.54, 1.807) is 49.0 Å². The number of aromatic nitrogens is 4. The second-order valence-corrected chi connectivity index (χ2v) is 7.65. The van der Waals surface area contributed by atoms with Crippen molar-refractivity contribution in [1.82, 2.24) is 24.9 Å². The zero-order valence-corrected chi connectivity index (χ0v) is 19.1. The van der Waals surface area contributed by atoms with E-state index >= 15 is 0 Å². The summed E-state index contributed by atoms with van der Waals surface area (Å²) in [5.74, 6) is 2.06. The van der Waals surface area contributed by atoms with E-state index in [1.807, 2.05) is 18.2 Å². The number of ether oxygens (including phenoxy) is 4. The fourth-order valence-electron chi connectivity index (χ4n) is 3.84. The van der Waals surface area contributed by atoms with E-state index in [0.29, 0.717) is 47.7 Å². The zero-order chi connectivity index (χ0) is 23.4. The average Bonchev–Trinajstić information content (AvgIpc) is 3.25. The first-order valence-corrected chi connectivity index (χ1v) is 10.6. The summed E-state index contributed by atoms with van der Waals surface area (Å²) in [6.45, 7) is 1.10. The zero-order valence-electron chi connectivity index (χ0n) is 19.1. The first kappa shape index (κ1) is 22.4. The van der Waals surface area contributed by atoms with Crippen LogP contribution in [0.2, 0.25) is 0 Å². The Balaban J connectivity index is 1.50. The van der Waals surface area contributed by atoms with Gasteiger partial charge < -0.3 is 23.8 Å². The van der Waals surface area contributed by atoms with Gasteiger partial charge in [-0.05, 0) is 37.1 Å². The molecule has 1 amide bonds. The van der Waals surface area contributed by atoms with E-state index < -0.39 is 0 Å². The Morgan fingerprint density at radius 2 is 1.79 bits per heavy atom. The van der Waals surface area contributed by atoms with Crippen molar-refractivity contribution in [2.75, 3.05) is 34.4 Å². The highest BCUT2D eigenvalue weighted by atomic mass is 16.5. The third kappa shape index (κ3) is 4.84. The SMILES string of the molecule is COc1ccc(OC)c(-c2cc(C(=O)N3CCCC(Oc4ccc(OC)nn4)C3)n(C)n2)c1. The van der Waals surface area contributed by atoms with Crippen molar-refractivity contribution in [3.05, 3.63) is 42.1 Å². The molecule has 1 aliphatic heterocycles. The molecule has 0 saturated carbocycles. The van der Waals surface area contributed by atoms with Crippen molar-refractivity contribution in [2.45, 2.75) is 18.9 Å². The van der Waals surface area contributed by atoms with Crippen LogP contribution in [-0.2, 0) is 7.05 Å². The van der Waals surface area contributed by atoms with Gasteiger partial charge in [-0.1, -0.05) is 0 Å². The number of hydrogen-bond donors (Lipinski definition) is 0. The summed E-state index contributed by atoms with van der Waals surface area (Å²) in [6.07, 6.45) is 1.49. The van der Waals surface area contributed by atoms with Gasteiger partial charge in [-0.3, -0.25) is 9.48 Å². The minimum Gasteiger partial charge on any atom is -0.497 e. The Morgan fingerprint density at radius 1 is 1.00 bits per heavy atom. The van der Waals surface area contributed by atoms with E-state index in [-0.39, 0.29) is 12.0 Å². The third-order valence-electron chi connectivity index (χ3n) is 5.56. The van der Waals surface area contributed by atoms with Gasteiger partial charge in [-0.15, -0.1) is 10.2 Å². The number of piperidine rings is 1. The lowest BCUT2D eigenvalue weighted by molar-refractivity contribution is 0.0515. The van der Waals surface area contributed by atoms with Gasteiger partial charge in [0.15, 0.2) is 0 Å². The van der Waals surface area contributed by atoms with Crippen molar-refractivity contribution >= 4 is 5.91 Å². The minimum absolute atomic E-state index is 0.104. The van der Waals surface area contributed by atoms with Crippen LogP contribution >= 0.6 is 0 Å². The summed E-state index contributed by atoms with van der Waals surface area (Å²) in [6, 6.07) is 10.7. The molecule has 10 heteroatoms. The fourth-order valence-corrected chi connectivity index (χ4v) is 3.84. The highest BCUT2D eigenvalue weighted by Gasteiger charge is 2.28. The molecule has 10 nitrogen and oxygen atoms in total. The third-order valence-corrected chi connectivity index (χ3v) is 5.56. The van der Waals surface area contributed by atoms with Gasteiger partial charge in [0.1, 0.15) is 23.3 Å². The second-order valence-electron chi connectivity index (χ2n) is 7.65. The van der Waals surface area contributed by atoms with Crippen LogP contribution in [0, 0.1) is 0 Å². The summed E-state index contributed by atoms with van der Waals surface area (Å²) < 4.78 is 23.4. The molecule has 2 aromatic heterocycles. The highest BCUT2D eigenvalue weighted by Crippen LogP contribution is 2.33. The molecule has 174 valence electrons. The maximum absolute atomic E-state index is 13.3. The molecule has 0 spiro atoms. The molecule has 4 rings (SSSR count). The molecule has 1 saturated heterocycles. The first-order valence-electron chi connectivity index (χ1n) is 10.6. The molecule has 1 aromatic carbocycles. The number of rotatable bonds is 7. The van der Waals surface area contributed by atoms with E-state index in [1.165, 1.54) is 7.11 Å². The van der Waals surface area contributed by atoms with Gasteiger partial charge in [0.25, 0.3) is 5.91 Å². The monoisotopic (exact) mass is 453 g/mol. The maximum Gasteiger partial charge on any atom is 0.272 e. The Hall–Kier alpha value is -3.82. The van der Waals surface area contributed by atoms with Crippen LogP contribution in [0.5, 0.6) is 23.3 Å². The summed E-state index contributed by atoms with van der Waals surface area (Å²) >= 11 is 0. The van der Waals surface area contributed by atoms with Crippen LogP contribution in [0.4, 0.5) is 0 Å². The van der Waals surface area contributed by atoms with Gasteiger partial charge in [0.05, 0.1) is 33.6 Å². The number of amides is 1.